The molecule has 1 aromatic carbocycles. The number of hydrogen-bond acceptors (Lipinski definition) is 6. The van der Waals surface area contributed by atoms with E-state index in [1.807, 2.05) is 12.1 Å². The van der Waals surface area contributed by atoms with E-state index in [9.17, 15) is 24.4 Å². The molecule has 6 rings (SSSR count). The summed E-state index contributed by atoms with van der Waals surface area (Å²) in [5.74, 6) is -2.06. The molecule has 186 valence electrons. The van der Waals surface area contributed by atoms with E-state index in [1.165, 1.54) is 0 Å². The van der Waals surface area contributed by atoms with E-state index in [1.54, 1.807) is 19.2 Å². The van der Waals surface area contributed by atoms with E-state index < -0.39 is 41.1 Å². The minimum Gasteiger partial charge on any atom is -0.496 e. The maximum absolute atomic E-state index is 13.5. The third-order valence-electron chi connectivity index (χ3n) is 8.48. The molecule has 3 saturated carbocycles. The highest BCUT2D eigenvalue weighted by Crippen LogP contribution is 2.58. The lowest BCUT2D eigenvalue weighted by Gasteiger charge is -2.37. The van der Waals surface area contributed by atoms with Gasteiger partial charge in [0.05, 0.1) is 25.0 Å². The predicted molar refractivity (Wildman–Crippen MR) is 126 cm³/mol. The van der Waals surface area contributed by atoms with Crippen LogP contribution in [-0.4, -0.2) is 47.3 Å². The molecular weight excluding hydrogens is 462 g/mol. The fourth-order valence-electron chi connectivity index (χ4n) is 6.65. The van der Waals surface area contributed by atoms with Crippen LogP contribution < -0.4 is 20.7 Å². The zero-order chi connectivity index (χ0) is 25.2. The third kappa shape index (κ3) is 3.45. The summed E-state index contributed by atoms with van der Waals surface area (Å²) in [4.78, 5) is 54.4. The van der Waals surface area contributed by atoms with Gasteiger partial charge < -0.3 is 20.4 Å². The highest BCUT2D eigenvalue weighted by atomic mass is 16.5. The maximum Gasteiger partial charge on any atom is 0.268 e. The first-order valence-electron chi connectivity index (χ1n) is 12.4. The van der Waals surface area contributed by atoms with Crippen molar-refractivity contribution >= 4 is 34.5 Å². The Bertz CT molecular complexity index is 1340. The van der Waals surface area contributed by atoms with Gasteiger partial charge in [-0.05, 0) is 49.3 Å². The summed E-state index contributed by atoms with van der Waals surface area (Å²) in [6.45, 7) is 0. The summed E-state index contributed by atoms with van der Waals surface area (Å²) in [6, 6.07) is 8.61. The fourth-order valence-corrected chi connectivity index (χ4v) is 6.65. The number of rotatable bonds is 7. The van der Waals surface area contributed by atoms with Gasteiger partial charge in [-0.15, -0.1) is 0 Å². The van der Waals surface area contributed by atoms with Gasteiger partial charge in [0.2, 0.25) is 17.7 Å². The zero-order valence-corrected chi connectivity index (χ0v) is 19.8. The lowest BCUT2D eigenvalue weighted by molar-refractivity contribution is -0.129. The van der Waals surface area contributed by atoms with Gasteiger partial charge in [0, 0.05) is 16.8 Å². The van der Waals surface area contributed by atoms with Crippen molar-refractivity contribution in [2.45, 2.75) is 43.7 Å². The standard InChI is InChI=1S/C26H27N5O5/c1-36-19-4-2-3-16-14(19)9-18(28-16)22(32)29-17(7-12-5-6-12)23(33)31-26(11-27)10-13-8-15(26)21-20(13)24(34)30-25(21)35/h2-4,9,12-13,15,17,20-21,28H,5-8,10H2,1H3,(H,29,32)(H,31,33)(H,30,34,35)/t13-,15-,17+,20+,21-,26?/m1/s1. The summed E-state index contributed by atoms with van der Waals surface area (Å²) < 4.78 is 5.37. The Morgan fingerprint density at radius 3 is 2.75 bits per heavy atom. The highest BCUT2D eigenvalue weighted by molar-refractivity contribution is 6.06. The minimum absolute atomic E-state index is 0.121. The Morgan fingerprint density at radius 2 is 2.03 bits per heavy atom. The molecule has 4 N–H and O–H groups in total. The number of carbonyl (C=O) groups excluding carboxylic acids is 4. The second-order valence-corrected chi connectivity index (χ2v) is 10.6. The van der Waals surface area contributed by atoms with E-state index in [0.29, 0.717) is 36.6 Å². The number of methoxy groups -OCH3 is 1. The highest BCUT2D eigenvalue weighted by Gasteiger charge is 2.67. The first-order valence-corrected chi connectivity index (χ1v) is 12.4. The quantitative estimate of drug-likeness (QED) is 0.431. The van der Waals surface area contributed by atoms with Crippen LogP contribution in [0.2, 0.25) is 0 Å². The molecule has 10 nitrogen and oxygen atoms in total. The molecule has 0 spiro atoms. The molecule has 2 bridgehead atoms. The number of benzene rings is 1. The van der Waals surface area contributed by atoms with Crippen molar-refractivity contribution in [3.8, 4) is 11.8 Å². The van der Waals surface area contributed by atoms with Crippen LogP contribution in [0.3, 0.4) is 0 Å². The fraction of sp³-hybridized carbons (Fsp3) is 0.500. The Labute approximate surface area is 207 Å². The molecule has 6 atom stereocenters. The van der Waals surface area contributed by atoms with Gasteiger partial charge in [-0.1, -0.05) is 18.9 Å². The van der Waals surface area contributed by atoms with Crippen molar-refractivity contribution in [1.29, 1.82) is 5.26 Å². The molecule has 36 heavy (non-hydrogen) atoms. The average Bonchev–Trinajstić information content (AvgIpc) is 3.19. The number of ether oxygens (including phenoxy) is 1. The van der Waals surface area contributed by atoms with Gasteiger partial charge in [-0.3, -0.25) is 24.5 Å². The van der Waals surface area contributed by atoms with Gasteiger partial charge in [0.25, 0.3) is 5.91 Å². The van der Waals surface area contributed by atoms with E-state index in [2.05, 4.69) is 27.0 Å². The van der Waals surface area contributed by atoms with E-state index >= 15 is 0 Å². The van der Waals surface area contributed by atoms with Gasteiger partial charge in [0.1, 0.15) is 23.0 Å². The normalized spacial score (nSPS) is 31.0. The molecule has 4 amide bonds. The molecular formula is C26H27N5O5. The van der Waals surface area contributed by atoms with E-state index in [0.717, 1.165) is 23.7 Å². The Balaban J connectivity index is 1.22. The summed E-state index contributed by atoms with van der Waals surface area (Å²) in [5.41, 5.74) is -0.180. The number of nitrogens with one attached hydrogen (secondary N) is 4. The lowest BCUT2D eigenvalue weighted by atomic mass is 9.71. The number of carbonyl (C=O) groups is 4. The number of nitriles is 1. The van der Waals surface area contributed by atoms with Gasteiger partial charge >= 0.3 is 0 Å². The van der Waals surface area contributed by atoms with E-state index in [4.69, 9.17) is 4.74 Å². The molecule has 4 aliphatic rings. The van der Waals surface area contributed by atoms with Crippen molar-refractivity contribution < 1.29 is 23.9 Å². The van der Waals surface area contributed by atoms with Crippen molar-refractivity contribution in [1.82, 2.24) is 20.9 Å². The first kappa shape index (κ1) is 22.6. The zero-order valence-electron chi connectivity index (χ0n) is 19.8. The van der Waals surface area contributed by atoms with Crippen LogP contribution in [0.25, 0.3) is 10.9 Å². The number of aromatic nitrogens is 1. The second-order valence-electron chi connectivity index (χ2n) is 10.6. The van der Waals surface area contributed by atoms with Gasteiger partial charge in [0.15, 0.2) is 0 Å². The summed E-state index contributed by atoms with van der Waals surface area (Å²) in [6.07, 6.45) is 3.33. The number of imide groups is 1. The van der Waals surface area contributed by atoms with Crippen LogP contribution in [-0.2, 0) is 14.4 Å². The average molecular weight is 490 g/mol. The Hall–Kier alpha value is -3.87. The molecule has 1 aliphatic heterocycles. The molecule has 2 aromatic rings. The maximum atomic E-state index is 13.5. The number of nitrogens with zero attached hydrogens (tertiary/aromatic N) is 1. The molecule has 1 saturated heterocycles. The van der Waals surface area contributed by atoms with Crippen molar-refractivity contribution in [3.05, 3.63) is 30.0 Å². The molecule has 10 heteroatoms. The molecule has 1 aromatic heterocycles. The van der Waals surface area contributed by atoms with Crippen LogP contribution in [0.1, 0.15) is 42.6 Å². The number of hydrogen-bond donors (Lipinski definition) is 4. The smallest absolute Gasteiger partial charge is 0.268 e. The third-order valence-corrected chi connectivity index (χ3v) is 8.48. The number of H-pyrrole nitrogens is 1. The summed E-state index contributed by atoms with van der Waals surface area (Å²) in [7, 11) is 1.56. The monoisotopic (exact) mass is 489 g/mol. The molecule has 3 aliphatic carbocycles. The van der Waals surface area contributed by atoms with Crippen LogP contribution in [0.4, 0.5) is 0 Å². The van der Waals surface area contributed by atoms with Gasteiger partial charge in [-0.25, -0.2) is 0 Å². The number of fused-ring (bicyclic) bond motifs is 6. The summed E-state index contributed by atoms with van der Waals surface area (Å²) >= 11 is 0. The molecule has 1 unspecified atom stereocenters. The van der Waals surface area contributed by atoms with Crippen LogP contribution in [0.15, 0.2) is 24.3 Å². The number of aromatic amines is 1. The molecule has 0 radical (unpaired) electrons. The van der Waals surface area contributed by atoms with Crippen LogP contribution in [0.5, 0.6) is 5.75 Å². The van der Waals surface area contributed by atoms with Crippen molar-refractivity contribution in [2.24, 2.45) is 29.6 Å². The minimum atomic E-state index is -1.23. The predicted octanol–water partition coefficient (Wildman–Crippen LogP) is 1.38. The summed E-state index contributed by atoms with van der Waals surface area (Å²) in [5, 5.41) is 19.1. The van der Waals surface area contributed by atoms with E-state index in [-0.39, 0.29) is 17.7 Å². The van der Waals surface area contributed by atoms with Crippen LogP contribution in [0, 0.1) is 40.9 Å². The topological polar surface area (TPSA) is 153 Å². The van der Waals surface area contributed by atoms with Crippen molar-refractivity contribution in [3.63, 3.8) is 0 Å². The Kier molecular flexibility index (Phi) is 5.07. The van der Waals surface area contributed by atoms with Crippen molar-refractivity contribution in [2.75, 3.05) is 7.11 Å². The second kappa shape index (κ2) is 8.08. The molecule has 4 fully saturated rings. The van der Waals surface area contributed by atoms with Crippen LogP contribution >= 0.6 is 0 Å². The molecule has 2 heterocycles. The van der Waals surface area contributed by atoms with Gasteiger partial charge in [-0.2, -0.15) is 5.26 Å². The lowest BCUT2D eigenvalue weighted by Crippen LogP contribution is -2.59. The Morgan fingerprint density at radius 1 is 1.25 bits per heavy atom. The largest absolute Gasteiger partial charge is 0.496 e. The first-order chi connectivity index (χ1) is 17.3. The SMILES string of the molecule is COc1cccc2[nH]c(C(=O)N[C@@H](CC3CC3)C(=O)NC3(C#N)C[C@H]4C[C@@H]3[C@H]3C(=O)NC(=O)[C@@H]43)cc12. The number of amides is 4.